The molecule has 1 N–H and O–H groups in total. The second kappa shape index (κ2) is 7.95. The molecule has 0 aromatic heterocycles. The van der Waals surface area contributed by atoms with Gasteiger partial charge in [-0.1, -0.05) is 43.2 Å². The van der Waals surface area contributed by atoms with E-state index in [1.165, 1.54) is 25.0 Å². The smallest absolute Gasteiger partial charge is 0.258 e. The lowest BCUT2D eigenvalue weighted by Gasteiger charge is -2.25. The molecule has 0 aliphatic heterocycles. The molecule has 0 spiro atoms. The van der Waals surface area contributed by atoms with Crippen molar-refractivity contribution in [3.05, 3.63) is 66.0 Å². The number of rotatable bonds is 6. The Bertz CT molecular complexity index is 651. The van der Waals surface area contributed by atoms with Gasteiger partial charge in [0.15, 0.2) is 6.61 Å². The van der Waals surface area contributed by atoms with Crippen LogP contribution in [0.3, 0.4) is 0 Å². The largest absolute Gasteiger partial charge is 0.484 e. The predicted octanol–water partition coefficient (Wildman–Crippen LogP) is 4.25. The van der Waals surface area contributed by atoms with Gasteiger partial charge in [-0.05, 0) is 48.6 Å². The Hall–Kier alpha value is -2.36. The fraction of sp³-hybridized carbons (Fsp3) is 0.350. The van der Waals surface area contributed by atoms with Gasteiger partial charge in [0.25, 0.3) is 5.91 Å². The van der Waals surface area contributed by atoms with Crippen LogP contribution < -0.4 is 10.1 Å². The SMILES string of the molecule is O=C(COc1ccccc1)N[C@H](c1ccc(F)cc1)C1CCCC1. The fourth-order valence-corrected chi connectivity index (χ4v) is 3.31. The molecule has 2 aromatic carbocycles. The lowest BCUT2D eigenvalue weighted by Crippen LogP contribution is -2.36. The monoisotopic (exact) mass is 327 g/mol. The normalized spacial score (nSPS) is 15.9. The van der Waals surface area contributed by atoms with E-state index in [1.54, 1.807) is 12.1 Å². The molecule has 0 saturated heterocycles. The van der Waals surface area contributed by atoms with E-state index >= 15 is 0 Å². The lowest BCUT2D eigenvalue weighted by molar-refractivity contribution is -0.124. The quantitative estimate of drug-likeness (QED) is 0.861. The number of benzene rings is 2. The van der Waals surface area contributed by atoms with Crippen LogP contribution >= 0.6 is 0 Å². The van der Waals surface area contributed by atoms with Crippen LogP contribution in [0.25, 0.3) is 0 Å². The second-order valence-corrected chi connectivity index (χ2v) is 6.24. The molecule has 4 heteroatoms. The molecule has 0 radical (unpaired) electrons. The van der Waals surface area contributed by atoms with Gasteiger partial charge in [0.2, 0.25) is 0 Å². The number of para-hydroxylation sites is 1. The maximum Gasteiger partial charge on any atom is 0.258 e. The van der Waals surface area contributed by atoms with Gasteiger partial charge in [-0.15, -0.1) is 0 Å². The van der Waals surface area contributed by atoms with Crippen molar-refractivity contribution in [3.63, 3.8) is 0 Å². The molecule has 1 fully saturated rings. The maximum atomic E-state index is 13.2. The van der Waals surface area contributed by atoms with E-state index in [-0.39, 0.29) is 24.4 Å². The average Bonchev–Trinajstić information content (AvgIpc) is 3.14. The van der Waals surface area contributed by atoms with Gasteiger partial charge in [-0.2, -0.15) is 0 Å². The summed E-state index contributed by atoms with van der Waals surface area (Å²) in [5, 5.41) is 3.08. The van der Waals surface area contributed by atoms with Crippen LogP contribution in [-0.4, -0.2) is 12.5 Å². The third kappa shape index (κ3) is 4.34. The number of carbonyl (C=O) groups is 1. The molecular weight excluding hydrogens is 305 g/mol. The Morgan fingerprint density at radius 2 is 1.75 bits per heavy atom. The van der Waals surface area contributed by atoms with E-state index in [0.29, 0.717) is 11.7 Å². The first-order chi connectivity index (χ1) is 11.7. The Morgan fingerprint density at radius 1 is 1.08 bits per heavy atom. The van der Waals surface area contributed by atoms with Crippen LogP contribution in [0.5, 0.6) is 5.75 Å². The summed E-state index contributed by atoms with van der Waals surface area (Å²) in [4.78, 5) is 12.3. The number of carbonyl (C=O) groups excluding carboxylic acids is 1. The van der Waals surface area contributed by atoms with Crippen molar-refractivity contribution in [1.29, 1.82) is 0 Å². The van der Waals surface area contributed by atoms with E-state index in [4.69, 9.17) is 4.74 Å². The van der Waals surface area contributed by atoms with Gasteiger partial charge >= 0.3 is 0 Å². The Balaban J connectivity index is 1.64. The number of nitrogens with one attached hydrogen (secondary N) is 1. The Labute approximate surface area is 141 Å². The molecule has 126 valence electrons. The summed E-state index contributed by atoms with van der Waals surface area (Å²) in [6, 6.07) is 15.6. The zero-order chi connectivity index (χ0) is 16.8. The Kier molecular flexibility index (Phi) is 5.47. The number of amides is 1. The van der Waals surface area contributed by atoms with Crippen LogP contribution in [0, 0.1) is 11.7 Å². The van der Waals surface area contributed by atoms with Crippen molar-refractivity contribution in [2.75, 3.05) is 6.61 Å². The predicted molar refractivity (Wildman–Crippen MR) is 91.2 cm³/mol. The van der Waals surface area contributed by atoms with Gasteiger partial charge in [-0.3, -0.25) is 4.79 Å². The molecule has 1 aliphatic carbocycles. The molecule has 0 bridgehead atoms. The van der Waals surface area contributed by atoms with Crippen LogP contribution in [0.4, 0.5) is 4.39 Å². The second-order valence-electron chi connectivity index (χ2n) is 6.24. The molecule has 0 heterocycles. The van der Waals surface area contributed by atoms with Crippen molar-refractivity contribution in [3.8, 4) is 5.75 Å². The number of hydrogen-bond acceptors (Lipinski definition) is 2. The van der Waals surface area contributed by atoms with Crippen LogP contribution in [0.2, 0.25) is 0 Å². The van der Waals surface area contributed by atoms with E-state index in [1.807, 2.05) is 30.3 Å². The number of hydrogen-bond donors (Lipinski definition) is 1. The minimum Gasteiger partial charge on any atom is -0.484 e. The Morgan fingerprint density at radius 3 is 2.42 bits per heavy atom. The molecule has 1 amide bonds. The molecule has 1 saturated carbocycles. The van der Waals surface area contributed by atoms with E-state index in [9.17, 15) is 9.18 Å². The summed E-state index contributed by atoms with van der Waals surface area (Å²) < 4.78 is 18.7. The first-order valence-electron chi connectivity index (χ1n) is 8.45. The molecular formula is C20H22FNO2. The van der Waals surface area contributed by atoms with E-state index < -0.39 is 0 Å². The van der Waals surface area contributed by atoms with Gasteiger partial charge in [0, 0.05) is 0 Å². The number of halogens is 1. The third-order valence-electron chi connectivity index (χ3n) is 4.53. The van der Waals surface area contributed by atoms with E-state index in [2.05, 4.69) is 5.32 Å². The third-order valence-corrected chi connectivity index (χ3v) is 4.53. The van der Waals surface area contributed by atoms with Crippen molar-refractivity contribution >= 4 is 5.91 Å². The summed E-state index contributed by atoms with van der Waals surface area (Å²) in [5.74, 6) is 0.658. The van der Waals surface area contributed by atoms with Crippen molar-refractivity contribution < 1.29 is 13.9 Å². The first-order valence-corrected chi connectivity index (χ1v) is 8.45. The highest BCUT2D eigenvalue weighted by Gasteiger charge is 2.27. The van der Waals surface area contributed by atoms with Crippen molar-refractivity contribution in [1.82, 2.24) is 5.32 Å². The molecule has 2 aromatic rings. The zero-order valence-corrected chi connectivity index (χ0v) is 13.6. The molecule has 24 heavy (non-hydrogen) atoms. The lowest BCUT2D eigenvalue weighted by atomic mass is 9.91. The standard InChI is InChI=1S/C20H22FNO2/c21-17-12-10-16(11-13-17)20(15-6-4-5-7-15)22-19(23)14-24-18-8-2-1-3-9-18/h1-3,8-13,15,20H,4-7,14H2,(H,22,23)/t20-/m0/s1. The highest BCUT2D eigenvalue weighted by Crippen LogP contribution is 2.35. The molecule has 1 atom stereocenters. The highest BCUT2D eigenvalue weighted by atomic mass is 19.1. The van der Waals surface area contributed by atoms with Crippen molar-refractivity contribution in [2.24, 2.45) is 5.92 Å². The summed E-state index contributed by atoms with van der Waals surface area (Å²) in [7, 11) is 0. The molecule has 1 aliphatic rings. The van der Waals surface area contributed by atoms with Crippen molar-refractivity contribution in [2.45, 2.75) is 31.7 Å². The van der Waals surface area contributed by atoms with Crippen LogP contribution in [-0.2, 0) is 4.79 Å². The summed E-state index contributed by atoms with van der Waals surface area (Å²) in [5.41, 5.74) is 0.955. The van der Waals surface area contributed by atoms with Crippen LogP contribution in [0.15, 0.2) is 54.6 Å². The fourth-order valence-electron chi connectivity index (χ4n) is 3.31. The van der Waals surface area contributed by atoms with Gasteiger partial charge in [-0.25, -0.2) is 4.39 Å². The average molecular weight is 327 g/mol. The zero-order valence-electron chi connectivity index (χ0n) is 13.6. The highest BCUT2D eigenvalue weighted by molar-refractivity contribution is 5.78. The summed E-state index contributed by atoms with van der Waals surface area (Å²) in [6.07, 6.45) is 4.53. The minimum atomic E-state index is -0.261. The van der Waals surface area contributed by atoms with Gasteiger partial charge in [0.1, 0.15) is 11.6 Å². The molecule has 3 rings (SSSR count). The number of ether oxygens (including phenoxy) is 1. The van der Waals surface area contributed by atoms with Gasteiger partial charge < -0.3 is 10.1 Å². The topological polar surface area (TPSA) is 38.3 Å². The van der Waals surface area contributed by atoms with Gasteiger partial charge in [0.05, 0.1) is 6.04 Å². The first kappa shape index (κ1) is 16.5. The maximum absolute atomic E-state index is 13.2. The van der Waals surface area contributed by atoms with Crippen LogP contribution in [0.1, 0.15) is 37.3 Å². The summed E-state index contributed by atoms with van der Waals surface area (Å²) >= 11 is 0. The molecule has 3 nitrogen and oxygen atoms in total. The molecule has 0 unspecified atom stereocenters. The minimum absolute atomic E-state index is 0.0194. The van der Waals surface area contributed by atoms with E-state index in [0.717, 1.165) is 18.4 Å². The summed E-state index contributed by atoms with van der Waals surface area (Å²) in [6.45, 7) is -0.0194.